The second kappa shape index (κ2) is 7.70. The summed E-state index contributed by atoms with van der Waals surface area (Å²) in [6.07, 6.45) is 0.735. The van der Waals surface area contributed by atoms with Gasteiger partial charge in [0.05, 0.1) is 0 Å². The quantitative estimate of drug-likeness (QED) is 0.529. The van der Waals surface area contributed by atoms with Crippen LogP contribution in [0.4, 0.5) is 4.79 Å². The molecule has 0 fully saturated rings. The topological polar surface area (TPSA) is 55.4 Å². The maximum atomic E-state index is 11.4. The lowest BCUT2D eigenvalue weighted by Gasteiger charge is -2.19. The number of carbonyl (C=O) groups excluding carboxylic acids is 2. The molecule has 1 N–H and O–H groups in total. The van der Waals surface area contributed by atoms with Gasteiger partial charge in [0.2, 0.25) is 0 Å². The van der Waals surface area contributed by atoms with Crippen LogP contribution in [0.15, 0.2) is 18.2 Å². The van der Waals surface area contributed by atoms with Gasteiger partial charge in [-0.05, 0) is 39.0 Å². The largest absolute Gasteiger partial charge is 0.444 e. The molecule has 21 heavy (non-hydrogen) atoms. The van der Waals surface area contributed by atoms with E-state index in [9.17, 15) is 9.59 Å². The fraction of sp³-hybridized carbons (Fsp3) is 0.375. The second-order valence-electron chi connectivity index (χ2n) is 5.37. The molecule has 0 aliphatic rings. The molecule has 4 nitrogen and oxygen atoms in total. The lowest BCUT2D eigenvalue weighted by atomic mass is 10.1. The van der Waals surface area contributed by atoms with Crippen molar-refractivity contribution in [3.63, 3.8) is 0 Å². The van der Waals surface area contributed by atoms with Crippen molar-refractivity contribution in [1.82, 2.24) is 5.32 Å². The first-order valence-corrected chi connectivity index (χ1v) is 6.89. The van der Waals surface area contributed by atoms with Gasteiger partial charge in [-0.1, -0.05) is 23.4 Å². The number of halogens is 1. The van der Waals surface area contributed by atoms with Gasteiger partial charge in [0.25, 0.3) is 0 Å². The minimum Gasteiger partial charge on any atom is -0.444 e. The molecule has 0 aliphatic heterocycles. The Morgan fingerprint density at radius 3 is 2.71 bits per heavy atom. The fourth-order valence-corrected chi connectivity index (χ4v) is 1.70. The van der Waals surface area contributed by atoms with Gasteiger partial charge >= 0.3 is 6.09 Å². The molecule has 0 bridgehead atoms. The average Bonchev–Trinajstić information content (AvgIpc) is 2.35. The van der Waals surface area contributed by atoms with Crippen molar-refractivity contribution in [2.75, 3.05) is 6.54 Å². The number of hydrogen-bond acceptors (Lipinski definition) is 3. The van der Waals surface area contributed by atoms with Gasteiger partial charge in [0, 0.05) is 29.1 Å². The Morgan fingerprint density at radius 2 is 2.10 bits per heavy atom. The second-order valence-corrected chi connectivity index (χ2v) is 5.81. The predicted octanol–water partition coefficient (Wildman–Crippen LogP) is 3.42. The van der Waals surface area contributed by atoms with Gasteiger partial charge in [-0.2, -0.15) is 0 Å². The number of alkyl carbamates (subject to hydrolysis) is 1. The van der Waals surface area contributed by atoms with Crippen molar-refractivity contribution in [2.45, 2.75) is 32.8 Å². The van der Waals surface area contributed by atoms with Crippen LogP contribution in [-0.4, -0.2) is 24.5 Å². The normalized spacial score (nSPS) is 10.3. The summed E-state index contributed by atoms with van der Waals surface area (Å²) in [5.74, 6) is 5.80. The van der Waals surface area contributed by atoms with Crippen LogP contribution >= 0.6 is 11.6 Å². The maximum absolute atomic E-state index is 11.4. The highest BCUT2D eigenvalue weighted by molar-refractivity contribution is 6.31. The molecule has 0 radical (unpaired) electrons. The number of amides is 1. The zero-order valence-electron chi connectivity index (χ0n) is 12.3. The van der Waals surface area contributed by atoms with Crippen molar-refractivity contribution in [3.8, 4) is 11.8 Å². The SMILES string of the molecule is CC(C)(C)OC(=O)NCCC#Cc1cc(Cl)cc(C=O)c1. The minimum atomic E-state index is -0.512. The lowest BCUT2D eigenvalue weighted by molar-refractivity contribution is 0.0529. The number of rotatable bonds is 3. The van der Waals surface area contributed by atoms with Crippen molar-refractivity contribution < 1.29 is 14.3 Å². The molecule has 0 saturated carbocycles. The third-order valence-corrected chi connectivity index (χ3v) is 2.43. The number of benzene rings is 1. The Kier molecular flexibility index (Phi) is 6.26. The van der Waals surface area contributed by atoms with E-state index in [2.05, 4.69) is 17.2 Å². The van der Waals surface area contributed by atoms with E-state index in [0.29, 0.717) is 29.1 Å². The molecule has 1 rings (SSSR count). The minimum absolute atomic E-state index is 0.392. The highest BCUT2D eigenvalue weighted by Gasteiger charge is 2.15. The summed E-state index contributed by atoms with van der Waals surface area (Å²) in [4.78, 5) is 22.1. The molecule has 0 spiro atoms. The van der Waals surface area contributed by atoms with Crippen molar-refractivity contribution in [3.05, 3.63) is 34.3 Å². The van der Waals surface area contributed by atoms with E-state index in [0.717, 1.165) is 6.29 Å². The molecule has 1 aromatic rings. The van der Waals surface area contributed by atoms with Crippen molar-refractivity contribution >= 4 is 24.0 Å². The Morgan fingerprint density at radius 1 is 1.38 bits per heavy atom. The fourth-order valence-electron chi connectivity index (χ4n) is 1.46. The Bertz CT molecular complexity index is 579. The summed E-state index contributed by atoms with van der Waals surface area (Å²) in [7, 11) is 0. The van der Waals surface area contributed by atoms with Gasteiger partial charge in [-0.25, -0.2) is 4.79 Å². The third-order valence-electron chi connectivity index (χ3n) is 2.21. The molecule has 112 valence electrons. The molecule has 0 aromatic heterocycles. The van der Waals surface area contributed by atoms with Crippen LogP contribution in [-0.2, 0) is 4.74 Å². The molecule has 1 amide bonds. The molecule has 0 unspecified atom stereocenters. The van der Waals surface area contributed by atoms with Gasteiger partial charge in [0.1, 0.15) is 11.9 Å². The van der Waals surface area contributed by atoms with Crippen molar-refractivity contribution in [2.24, 2.45) is 0 Å². The molecule has 0 saturated heterocycles. The molecule has 1 aromatic carbocycles. The van der Waals surface area contributed by atoms with Gasteiger partial charge in [-0.3, -0.25) is 4.79 Å². The van der Waals surface area contributed by atoms with E-state index in [1.54, 1.807) is 39.0 Å². The molecular formula is C16H18ClNO3. The first-order chi connectivity index (χ1) is 9.80. The van der Waals surface area contributed by atoms with E-state index in [1.807, 2.05) is 0 Å². The van der Waals surface area contributed by atoms with E-state index in [1.165, 1.54) is 0 Å². The van der Waals surface area contributed by atoms with E-state index in [-0.39, 0.29) is 0 Å². The number of hydrogen-bond donors (Lipinski definition) is 1. The van der Waals surface area contributed by atoms with Gasteiger partial charge in [-0.15, -0.1) is 0 Å². The predicted molar refractivity (Wildman–Crippen MR) is 82.6 cm³/mol. The first-order valence-electron chi connectivity index (χ1n) is 6.51. The molecule has 0 aliphatic carbocycles. The highest BCUT2D eigenvalue weighted by atomic mass is 35.5. The molecule has 0 atom stereocenters. The number of nitrogens with one attached hydrogen (secondary N) is 1. The molecule has 5 heteroatoms. The van der Waals surface area contributed by atoms with Crippen LogP contribution in [0.2, 0.25) is 5.02 Å². The summed E-state index contributed by atoms with van der Waals surface area (Å²) < 4.78 is 5.09. The summed E-state index contributed by atoms with van der Waals surface area (Å²) in [6.45, 7) is 5.80. The zero-order valence-corrected chi connectivity index (χ0v) is 13.1. The van der Waals surface area contributed by atoms with Crippen molar-refractivity contribution in [1.29, 1.82) is 0 Å². The number of ether oxygens (including phenoxy) is 1. The van der Waals surface area contributed by atoms with Gasteiger partial charge in [0.15, 0.2) is 0 Å². The van der Waals surface area contributed by atoms with E-state index < -0.39 is 11.7 Å². The summed E-state index contributed by atoms with van der Waals surface area (Å²) in [5.41, 5.74) is 0.641. The maximum Gasteiger partial charge on any atom is 0.407 e. The van der Waals surface area contributed by atoms with Crippen LogP contribution in [0.5, 0.6) is 0 Å². The van der Waals surface area contributed by atoms with Crippen LogP contribution in [0, 0.1) is 11.8 Å². The molecule has 0 heterocycles. The average molecular weight is 308 g/mol. The number of aldehydes is 1. The summed E-state index contributed by atoms with van der Waals surface area (Å²) in [5, 5.41) is 3.08. The van der Waals surface area contributed by atoms with Crippen LogP contribution in [0.25, 0.3) is 0 Å². The third kappa shape index (κ3) is 7.38. The van der Waals surface area contributed by atoms with E-state index >= 15 is 0 Å². The number of carbonyl (C=O) groups is 2. The van der Waals surface area contributed by atoms with Crippen LogP contribution in [0.1, 0.15) is 43.1 Å². The Balaban J connectivity index is 2.45. The Labute approximate surface area is 129 Å². The standard InChI is InChI=1S/C16H18ClNO3/c1-16(2,3)21-15(20)18-7-5-4-6-12-8-13(11-19)10-14(17)9-12/h8-11H,5,7H2,1-3H3,(H,18,20). The summed E-state index contributed by atoms with van der Waals surface area (Å²) in [6, 6.07) is 4.92. The smallest absolute Gasteiger partial charge is 0.407 e. The molecular weight excluding hydrogens is 290 g/mol. The van der Waals surface area contributed by atoms with Gasteiger partial charge < -0.3 is 10.1 Å². The first kappa shape index (κ1) is 17.1. The lowest BCUT2D eigenvalue weighted by Crippen LogP contribution is -2.32. The van der Waals surface area contributed by atoms with E-state index in [4.69, 9.17) is 16.3 Å². The van der Waals surface area contributed by atoms with Crippen LogP contribution in [0.3, 0.4) is 0 Å². The van der Waals surface area contributed by atoms with Crippen LogP contribution < -0.4 is 5.32 Å². The monoisotopic (exact) mass is 307 g/mol. The summed E-state index contributed by atoms with van der Waals surface area (Å²) >= 11 is 5.87. The zero-order chi connectivity index (χ0) is 15.9. The highest BCUT2D eigenvalue weighted by Crippen LogP contribution is 2.13. The Hall–Kier alpha value is -1.99.